The largest absolute Gasteiger partial charge is 0.245 e. The van der Waals surface area contributed by atoms with Gasteiger partial charge in [0.2, 0.25) is 0 Å². The molecule has 2 nitrogen and oxygen atoms in total. The van der Waals surface area contributed by atoms with E-state index >= 15 is 0 Å². The second-order valence-corrected chi connectivity index (χ2v) is 2.48. The van der Waals surface area contributed by atoms with Gasteiger partial charge in [-0.25, -0.2) is 9.97 Å². The molecule has 0 aliphatic heterocycles. The quantitative estimate of drug-likeness (QED) is 0.621. The highest BCUT2D eigenvalue weighted by Gasteiger charge is 2.00. The number of rotatable bonds is 2. The van der Waals surface area contributed by atoms with Crippen LogP contribution in [0.15, 0.2) is 18.7 Å². The minimum Gasteiger partial charge on any atom is -0.245 e. The molecule has 1 atom stereocenters. The van der Waals surface area contributed by atoms with E-state index in [4.69, 9.17) is 0 Å². The van der Waals surface area contributed by atoms with Gasteiger partial charge >= 0.3 is 0 Å². The predicted molar refractivity (Wildman–Crippen MR) is 40.7 cm³/mol. The first-order valence-corrected chi connectivity index (χ1v) is 3.59. The molecule has 1 unspecified atom stereocenters. The lowest BCUT2D eigenvalue weighted by Crippen LogP contribution is -1.92. The van der Waals surface area contributed by atoms with Crippen molar-refractivity contribution in [1.82, 2.24) is 9.97 Å². The highest BCUT2D eigenvalue weighted by atomic mass is 14.8. The van der Waals surface area contributed by atoms with Crippen LogP contribution in [0.25, 0.3) is 0 Å². The van der Waals surface area contributed by atoms with Crippen molar-refractivity contribution in [2.45, 2.75) is 26.2 Å². The molecule has 1 rings (SSSR count). The zero-order valence-corrected chi connectivity index (χ0v) is 6.41. The van der Waals surface area contributed by atoms with Gasteiger partial charge < -0.3 is 0 Å². The van der Waals surface area contributed by atoms with Gasteiger partial charge in [0.15, 0.2) is 0 Å². The summed E-state index contributed by atoms with van der Waals surface area (Å²) in [6.45, 7) is 4.34. The normalized spacial score (nSPS) is 13.0. The van der Waals surface area contributed by atoms with Crippen LogP contribution in [0.5, 0.6) is 0 Å². The van der Waals surface area contributed by atoms with Gasteiger partial charge in [0.25, 0.3) is 0 Å². The molecule has 1 heterocycles. The summed E-state index contributed by atoms with van der Waals surface area (Å²) in [5, 5.41) is 0. The zero-order chi connectivity index (χ0) is 7.40. The van der Waals surface area contributed by atoms with Crippen LogP contribution in [0.2, 0.25) is 0 Å². The average molecular weight is 136 g/mol. The standard InChI is InChI=1S/C8H12N2/c1-3-7(2)8-4-9-6-10-5-8/h4-7H,3H2,1-2H3. The Bertz CT molecular complexity index is 184. The molecule has 0 saturated heterocycles. The van der Waals surface area contributed by atoms with Gasteiger partial charge in [-0.05, 0) is 17.9 Å². The summed E-state index contributed by atoms with van der Waals surface area (Å²) in [6.07, 6.45) is 6.46. The third-order valence-corrected chi connectivity index (χ3v) is 1.76. The van der Waals surface area contributed by atoms with Crippen molar-refractivity contribution in [2.75, 3.05) is 0 Å². The summed E-state index contributed by atoms with van der Waals surface area (Å²) in [5.41, 5.74) is 1.23. The Hall–Kier alpha value is -0.920. The first kappa shape index (κ1) is 7.19. The third kappa shape index (κ3) is 1.53. The molecule has 54 valence electrons. The maximum absolute atomic E-state index is 3.94. The van der Waals surface area contributed by atoms with E-state index in [1.807, 2.05) is 12.4 Å². The minimum absolute atomic E-state index is 0.584. The van der Waals surface area contributed by atoms with E-state index in [0.29, 0.717) is 5.92 Å². The first-order chi connectivity index (χ1) is 4.84. The highest BCUT2D eigenvalue weighted by molar-refractivity contribution is 5.07. The molecule has 0 radical (unpaired) electrons. The summed E-state index contributed by atoms with van der Waals surface area (Å²) < 4.78 is 0. The third-order valence-electron chi connectivity index (χ3n) is 1.76. The Kier molecular flexibility index (Phi) is 2.37. The van der Waals surface area contributed by atoms with Crippen LogP contribution in [0.1, 0.15) is 31.7 Å². The van der Waals surface area contributed by atoms with Gasteiger partial charge in [0.1, 0.15) is 6.33 Å². The lowest BCUT2D eigenvalue weighted by Gasteiger charge is -2.05. The van der Waals surface area contributed by atoms with E-state index < -0.39 is 0 Å². The molecule has 2 heteroatoms. The van der Waals surface area contributed by atoms with Gasteiger partial charge in [-0.1, -0.05) is 13.8 Å². The Morgan fingerprint density at radius 3 is 2.50 bits per heavy atom. The van der Waals surface area contributed by atoms with Crippen molar-refractivity contribution in [2.24, 2.45) is 0 Å². The van der Waals surface area contributed by atoms with Crippen molar-refractivity contribution in [3.8, 4) is 0 Å². The predicted octanol–water partition coefficient (Wildman–Crippen LogP) is 1.99. The van der Waals surface area contributed by atoms with E-state index in [1.54, 1.807) is 6.33 Å². The van der Waals surface area contributed by atoms with Gasteiger partial charge in [-0.3, -0.25) is 0 Å². The highest BCUT2D eigenvalue weighted by Crippen LogP contribution is 2.14. The molecule has 0 saturated carbocycles. The van der Waals surface area contributed by atoms with Gasteiger partial charge in [-0.2, -0.15) is 0 Å². The molecule has 0 aliphatic rings. The van der Waals surface area contributed by atoms with Crippen molar-refractivity contribution in [3.05, 3.63) is 24.3 Å². The van der Waals surface area contributed by atoms with Crippen LogP contribution in [0.4, 0.5) is 0 Å². The molecule has 0 bridgehead atoms. The Morgan fingerprint density at radius 1 is 1.40 bits per heavy atom. The number of hydrogen-bond donors (Lipinski definition) is 0. The Morgan fingerprint density at radius 2 is 2.00 bits per heavy atom. The molecule has 0 N–H and O–H groups in total. The van der Waals surface area contributed by atoms with Crippen LogP contribution in [-0.4, -0.2) is 9.97 Å². The number of aromatic nitrogens is 2. The van der Waals surface area contributed by atoms with Crippen molar-refractivity contribution in [1.29, 1.82) is 0 Å². The molecule has 1 aromatic heterocycles. The summed E-state index contributed by atoms with van der Waals surface area (Å²) in [6, 6.07) is 0. The van der Waals surface area contributed by atoms with Crippen LogP contribution in [-0.2, 0) is 0 Å². The van der Waals surface area contributed by atoms with Crippen molar-refractivity contribution >= 4 is 0 Å². The minimum atomic E-state index is 0.584. The molecule has 0 fully saturated rings. The van der Waals surface area contributed by atoms with Crippen LogP contribution in [0.3, 0.4) is 0 Å². The fourth-order valence-electron chi connectivity index (χ4n) is 0.801. The summed E-state index contributed by atoms with van der Waals surface area (Å²) in [7, 11) is 0. The summed E-state index contributed by atoms with van der Waals surface area (Å²) >= 11 is 0. The average Bonchev–Trinajstić information content (AvgIpc) is 2.05. The fraction of sp³-hybridized carbons (Fsp3) is 0.500. The molecule has 1 aromatic rings. The molecular formula is C8H12N2. The molecule has 0 aromatic carbocycles. The van der Waals surface area contributed by atoms with Crippen LogP contribution < -0.4 is 0 Å². The monoisotopic (exact) mass is 136 g/mol. The van der Waals surface area contributed by atoms with E-state index in [2.05, 4.69) is 23.8 Å². The van der Waals surface area contributed by atoms with Crippen molar-refractivity contribution in [3.63, 3.8) is 0 Å². The molecule has 0 spiro atoms. The van der Waals surface area contributed by atoms with Crippen LogP contribution >= 0.6 is 0 Å². The van der Waals surface area contributed by atoms with Gasteiger partial charge in [0.05, 0.1) is 0 Å². The van der Waals surface area contributed by atoms with Crippen molar-refractivity contribution < 1.29 is 0 Å². The number of nitrogens with zero attached hydrogens (tertiary/aromatic N) is 2. The number of hydrogen-bond acceptors (Lipinski definition) is 2. The molecule has 0 amide bonds. The molecule has 10 heavy (non-hydrogen) atoms. The molecular weight excluding hydrogens is 124 g/mol. The van der Waals surface area contributed by atoms with E-state index in [0.717, 1.165) is 6.42 Å². The summed E-state index contributed by atoms with van der Waals surface area (Å²) in [4.78, 5) is 7.89. The van der Waals surface area contributed by atoms with Gasteiger partial charge in [0, 0.05) is 12.4 Å². The van der Waals surface area contributed by atoms with Crippen LogP contribution in [0, 0.1) is 0 Å². The van der Waals surface area contributed by atoms with Gasteiger partial charge in [-0.15, -0.1) is 0 Å². The molecule has 0 aliphatic carbocycles. The fourth-order valence-corrected chi connectivity index (χ4v) is 0.801. The van der Waals surface area contributed by atoms with E-state index in [-0.39, 0.29) is 0 Å². The maximum atomic E-state index is 3.94. The Labute approximate surface area is 61.3 Å². The van der Waals surface area contributed by atoms with E-state index in [1.165, 1.54) is 5.56 Å². The summed E-state index contributed by atoms with van der Waals surface area (Å²) in [5.74, 6) is 0.584. The second-order valence-electron chi connectivity index (χ2n) is 2.48. The lowest BCUT2D eigenvalue weighted by molar-refractivity contribution is 0.724. The zero-order valence-electron chi connectivity index (χ0n) is 6.41. The first-order valence-electron chi connectivity index (χ1n) is 3.59. The lowest BCUT2D eigenvalue weighted by atomic mass is 10.0. The maximum Gasteiger partial charge on any atom is 0.115 e. The second kappa shape index (κ2) is 3.30. The smallest absolute Gasteiger partial charge is 0.115 e. The topological polar surface area (TPSA) is 25.8 Å². The SMILES string of the molecule is CCC(C)c1cncnc1. The Balaban J connectivity index is 2.75. The van der Waals surface area contributed by atoms with E-state index in [9.17, 15) is 0 Å².